The van der Waals surface area contributed by atoms with E-state index in [2.05, 4.69) is 5.10 Å². The molecule has 19 heavy (non-hydrogen) atoms. The van der Waals surface area contributed by atoms with Gasteiger partial charge in [0.2, 0.25) is 0 Å². The third-order valence-electron chi connectivity index (χ3n) is 2.98. The van der Waals surface area contributed by atoms with Crippen molar-refractivity contribution >= 4 is 9.84 Å². The van der Waals surface area contributed by atoms with E-state index < -0.39 is 9.84 Å². The van der Waals surface area contributed by atoms with Crippen LogP contribution in [0.1, 0.15) is 17.2 Å². The summed E-state index contributed by atoms with van der Waals surface area (Å²) in [5.41, 5.74) is 7.95. The van der Waals surface area contributed by atoms with Crippen LogP contribution in [0.4, 0.5) is 0 Å². The second-order valence-electron chi connectivity index (χ2n) is 4.59. The topological polar surface area (TPSA) is 78.0 Å². The predicted molar refractivity (Wildman–Crippen MR) is 73.7 cm³/mol. The first-order valence-corrected chi connectivity index (χ1v) is 7.82. The first-order valence-electron chi connectivity index (χ1n) is 5.92. The maximum atomic E-state index is 11.5. The van der Waals surface area contributed by atoms with E-state index in [-0.39, 0.29) is 10.9 Å². The van der Waals surface area contributed by atoms with Crippen LogP contribution in [-0.2, 0) is 9.84 Å². The summed E-state index contributed by atoms with van der Waals surface area (Å²) in [6, 6.07) is 7.79. The van der Waals surface area contributed by atoms with Crippen molar-refractivity contribution in [3.8, 4) is 0 Å². The molecule has 0 aliphatic carbocycles. The molecule has 0 aliphatic heterocycles. The molecule has 0 fully saturated rings. The van der Waals surface area contributed by atoms with Crippen LogP contribution in [0, 0.1) is 6.92 Å². The first kappa shape index (κ1) is 13.8. The number of rotatable bonds is 4. The molecule has 2 N–H and O–H groups in total. The molecule has 5 nitrogen and oxygen atoms in total. The minimum Gasteiger partial charge on any atom is -0.328 e. The smallest absolute Gasteiger partial charge is 0.178 e. The first-order chi connectivity index (χ1) is 8.91. The van der Waals surface area contributed by atoms with Gasteiger partial charge in [0.15, 0.2) is 9.84 Å². The van der Waals surface area contributed by atoms with Gasteiger partial charge < -0.3 is 5.73 Å². The van der Waals surface area contributed by atoms with E-state index in [1.807, 2.05) is 31.2 Å². The van der Waals surface area contributed by atoms with Crippen LogP contribution < -0.4 is 5.73 Å². The van der Waals surface area contributed by atoms with Gasteiger partial charge in [0, 0.05) is 19.0 Å². The number of aryl methyl sites for hydroxylation is 1. The molecule has 1 aromatic heterocycles. The molecular formula is C13H17N3O2S. The van der Waals surface area contributed by atoms with Crippen molar-refractivity contribution < 1.29 is 8.42 Å². The Hall–Kier alpha value is -1.66. The fourth-order valence-electron chi connectivity index (χ4n) is 1.96. The number of benzene rings is 1. The van der Waals surface area contributed by atoms with Crippen LogP contribution in [0.15, 0.2) is 41.6 Å². The molecule has 0 bridgehead atoms. The van der Waals surface area contributed by atoms with Crippen LogP contribution >= 0.6 is 0 Å². The van der Waals surface area contributed by atoms with Gasteiger partial charge in [-0.25, -0.2) is 8.42 Å². The SMILES string of the molecule is Cc1cccc(C(CN)n2cc(S(C)(=O)=O)cn2)c1. The molecule has 0 aliphatic rings. The third kappa shape index (κ3) is 3.02. The summed E-state index contributed by atoms with van der Waals surface area (Å²) < 4.78 is 24.5. The summed E-state index contributed by atoms with van der Waals surface area (Å²) in [5, 5.41) is 4.12. The van der Waals surface area contributed by atoms with Gasteiger partial charge in [0.25, 0.3) is 0 Å². The Morgan fingerprint density at radius 2 is 2.16 bits per heavy atom. The van der Waals surface area contributed by atoms with E-state index in [1.165, 1.54) is 18.6 Å². The molecule has 0 saturated heterocycles. The lowest BCUT2D eigenvalue weighted by Crippen LogP contribution is -2.21. The van der Waals surface area contributed by atoms with Crippen LogP contribution in [0.3, 0.4) is 0 Å². The van der Waals surface area contributed by atoms with Crippen LogP contribution in [0.25, 0.3) is 0 Å². The van der Waals surface area contributed by atoms with E-state index in [1.54, 1.807) is 4.68 Å². The number of nitrogens with two attached hydrogens (primary N) is 1. The standard InChI is InChI=1S/C13H17N3O2S/c1-10-4-3-5-11(6-10)13(7-14)16-9-12(8-15-16)19(2,17)18/h3-6,8-9,13H,7,14H2,1-2H3. The lowest BCUT2D eigenvalue weighted by molar-refractivity contribution is 0.530. The molecule has 0 amide bonds. The molecule has 102 valence electrons. The minimum atomic E-state index is -3.24. The molecule has 1 atom stereocenters. The highest BCUT2D eigenvalue weighted by Crippen LogP contribution is 2.19. The zero-order valence-corrected chi connectivity index (χ0v) is 11.8. The Labute approximate surface area is 113 Å². The summed E-state index contributed by atoms with van der Waals surface area (Å²) >= 11 is 0. The van der Waals surface area contributed by atoms with Crippen molar-refractivity contribution in [3.63, 3.8) is 0 Å². The number of aromatic nitrogens is 2. The van der Waals surface area contributed by atoms with Crippen LogP contribution in [0.2, 0.25) is 0 Å². The summed E-state index contributed by atoms with van der Waals surface area (Å²) in [4.78, 5) is 0.207. The second-order valence-corrected chi connectivity index (χ2v) is 6.61. The molecule has 0 saturated carbocycles. The zero-order valence-electron chi connectivity index (χ0n) is 10.9. The van der Waals surface area contributed by atoms with Gasteiger partial charge in [0.05, 0.1) is 12.2 Å². The van der Waals surface area contributed by atoms with E-state index in [9.17, 15) is 8.42 Å². The summed E-state index contributed by atoms with van der Waals surface area (Å²) in [6.07, 6.45) is 4.04. The molecule has 2 rings (SSSR count). The van der Waals surface area contributed by atoms with Gasteiger partial charge in [-0.2, -0.15) is 5.10 Å². The number of hydrogen-bond acceptors (Lipinski definition) is 4. The summed E-state index contributed by atoms with van der Waals surface area (Å²) in [7, 11) is -3.24. The van der Waals surface area contributed by atoms with Gasteiger partial charge in [-0.1, -0.05) is 29.8 Å². The van der Waals surface area contributed by atoms with Crippen molar-refractivity contribution in [1.29, 1.82) is 0 Å². The van der Waals surface area contributed by atoms with Gasteiger partial charge >= 0.3 is 0 Å². The van der Waals surface area contributed by atoms with Crippen molar-refractivity contribution in [2.24, 2.45) is 5.73 Å². The molecule has 1 aromatic carbocycles. The largest absolute Gasteiger partial charge is 0.328 e. The average Bonchev–Trinajstić information content (AvgIpc) is 2.79. The van der Waals surface area contributed by atoms with E-state index in [0.29, 0.717) is 6.54 Å². The van der Waals surface area contributed by atoms with E-state index in [4.69, 9.17) is 5.73 Å². The Morgan fingerprint density at radius 1 is 1.42 bits per heavy atom. The molecule has 2 aromatic rings. The molecule has 1 heterocycles. The zero-order chi connectivity index (χ0) is 14.0. The van der Waals surface area contributed by atoms with Crippen molar-refractivity contribution in [1.82, 2.24) is 9.78 Å². The van der Waals surface area contributed by atoms with Gasteiger partial charge in [0.1, 0.15) is 4.90 Å². The molecule has 0 spiro atoms. The highest BCUT2D eigenvalue weighted by molar-refractivity contribution is 7.90. The maximum absolute atomic E-state index is 11.5. The quantitative estimate of drug-likeness (QED) is 0.910. The lowest BCUT2D eigenvalue weighted by atomic mass is 10.0. The summed E-state index contributed by atoms with van der Waals surface area (Å²) in [5.74, 6) is 0. The molecule has 0 radical (unpaired) electrons. The van der Waals surface area contributed by atoms with Gasteiger partial charge in [-0.15, -0.1) is 0 Å². The van der Waals surface area contributed by atoms with Gasteiger partial charge in [-0.3, -0.25) is 4.68 Å². The van der Waals surface area contributed by atoms with Crippen LogP contribution in [0.5, 0.6) is 0 Å². The number of nitrogens with zero attached hydrogens (tertiary/aromatic N) is 2. The van der Waals surface area contributed by atoms with E-state index in [0.717, 1.165) is 11.1 Å². The predicted octanol–water partition coefficient (Wildman–Crippen LogP) is 1.14. The summed E-state index contributed by atoms with van der Waals surface area (Å²) in [6.45, 7) is 2.36. The Bertz CT molecular complexity index is 677. The lowest BCUT2D eigenvalue weighted by Gasteiger charge is -2.16. The molecular weight excluding hydrogens is 262 g/mol. The number of sulfone groups is 1. The Morgan fingerprint density at radius 3 is 2.68 bits per heavy atom. The highest BCUT2D eigenvalue weighted by Gasteiger charge is 2.16. The Balaban J connectivity index is 2.40. The van der Waals surface area contributed by atoms with Crippen molar-refractivity contribution in [2.45, 2.75) is 17.9 Å². The second kappa shape index (κ2) is 5.14. The normalized spacial score (nSPS) is 13.4. The fourth-order valence-corrected chi connectivity index (χ4v) is 2.49. The number of hydrogen-bond donors (Lipinski definition) is 1. The minimum absolute atomic E-state index is 0.157. The monoisotopic (exact) mass is 279 g/mol. The Kier molecular flexibility index (Phi) is 3.73. The third-order valence-corrected chi connectivity index (χ3v) is 4.04. The maximum Gasteiger partial charge on any atom is 0.178 e. The molecule has 1 unspecified atom stereocenters. The molecule has 6 heteroatoms. The fraction of sp³-hybridized carbons (Fsp3) is 0.308. The van der Waals surface area contributed by atoms with Crippen LogP contribution in [-0.4, -0.2) is 31.0 Å². The average molecular weight is 279 g/mol. The van der Waals surface area contributed by atoms with E-state index >= 15 is 0 Å². The van der Waals surface area contributed by atoms with Crippen molar-refractivity contribution in [2.75, 3.05) is 12.8 Å². The van der Waals surface area contributed by atoms with Gasteiger partial charge in [-0.05, 0) is 12.5 Å². The van der Waals surface area contributed by atoms with Crippen molar-refractivity contribution in [3.05, 3.63) is 47.8 Å². The highest BCUT2D eigenvalue weighted by atomic mass is 32.2.